The van der Waals surface area contributed by atoms with E-state index in [1.807, 2.05) is 12.1 Å². The first-order valence-corrected chi connectivity index (χ1v) is 7.97. The molecule has 0 saturated carbocycles. The highest BCUT2D eigenvalue weighted by molar-refractivity contribution is 9.11. The normalized spacial score (nSPS) is 13.1. The Morgan fingerprint density at radius 2 is 2.21 bits per heavy atom. The topological polar surface area (TPSA) is 64.9 Å². The fourth-order valence-corrected chi connectivity index (χ4v) is 3.36. The van der Waals surface area contributed by atoms with Gasteiger partial charge in [-0.2, -0.15) is 4.98 Å². The number of thiophene rings is 1. The van der Waals surface area contributed by atoms with Crippen LogP contribution in [0.2, 0.25) is 0 Å². The van der Waals surface area contributed by atoms with Crippen molar-refractivity contribution in [1.82, 2.24) is 10.1 Å². The summed E-state index contributed by atoms with van der Waals surface area (Å²) in [5.74, 6) is 2.37. The molecule has 2 heterocycles. The van der Waals surface area contributed by atoms with Gasteiger partial charge in [-0.3, -0.25) is 0 Å². The molecule has 0 aliphatic rings. The van der Waals surface area contributed by atoms with Crippen LogP contribution in [0.5, 0.6) is 0 Å². The largest absolute Gasteiger partial charge is 0.339 e. The molecule has 0 aliphatic carbocycles. The van der Waals surface area contributed by atoms with E-state index in [0.29, 0.717) is 30.1 Å². The molecule has 0 aromatic carbocycles. The van der Waals surface area contributed by atoms with Crippen LogP contribution in [0.3, 0.4) is 0 Å². The van der Waals surface area contributed by atoms with Gasteiger partial charge >= 0.3 is 0 Å². The summed E-state index contributed by atoms with van der Waals surface area (Å²) in [6, 6.07) is 3.97. The first kappa shape index (κ1) is 14.7. The second-order valence-corrected chi connectivity index (χ2v) is 7.51. The SMILES string of the molecule is CC(C)C[C@H](CN)Cc1nc(-c2ccc(Br)s2)no1. The minimum absolute atomic E-state index is 0.406. The number of hydrogen-bond acceptors (Lipinski definition) is 5. The molecule has 2 rings (SSSR count). The molecule has 6 heteroatoms. The average molecular weight is 344 g/mol. The Bertz CT molecular complexity index is 523. The van der Waals surface area contributed by atoms with E-state index >= 15 is 0 Å². The Morgan fingerprint density at radius 1 is 1.42 bits per heavy atom. The number of nitrogens with zero attached hydrogens (tertiary/aromatic N) is 2. The maximum absolute atomic E-state index is 5.80. The minimum atomic E-state index is 0.406. The summed E-state index contributed by atoms with van der Waals surface area (Å²) in [6.45, 7) is 5.05. The van der Waals surface area contributed by atoms with Crippen LogP contribution in [0.25, 0.3) is 10.7 Å². The van der Waals surface area contributed by atoms with E-state index in [4.69, 9.17) is 10.3 Å². The zero-order valence-electron chi connectivity index (χ0n) is 11.1. The molecule has 0 amide bonds. The highest BCUT2D eigenvalue weighted by Gasteiger charge is 2.16. The maximum Gasteiger partial charge on any atom is 0.227 e. The van der Waals surface area contributed by atoms with E-state index in [-0.39, 0.29) is 0 Å². The van der Waals surface area contributed by atoms with Crippen molar-refractivity contribution >= 4 is 27.3 Å². The van der Waals surface area contributed by atoms with Crippen molar-refractivity contribution in [2.24, 2.45) is 17.6 Å². The van der Waals surface area contributed by atoms with Gasteiger partial charge in [-0.1, -0.05) is 19.0 Å². The fourth-order valence-electron chi connectivity index (χ4n) is 2.05. The van der Waals surface area contributed by atoms with Gasteiger partial charge < -0.3 is 10.3 Å². The highest BCUT2D eigenvalue weighted by atomic mass is 79.9. The standard InChI is InChI=1S/C13H18BrN3OS/c1-8(2)5-9(7-15)6-12-16-13(17-18-12)10-3-4-11(14)19-10/h3-4,8-9H,5-7,15H2,1-2H3/t9-/m0/s1. The lowest BCUT2D eigenvalue weighted by Gasteiger charge is -2.14. The Kier molecular flexibility index (Phi) is 5.13. The van der Waals surface area contributed by atoms with E-state index in [0.717, 1.165) is 21.5 Å². The molecular weight excluding hydrogens is 326 g/mol. The number of nitrogens with two attached hydrogens (primary N) is 1. The van der Waals surface area contributed by atoms with Gasteiger partial charge in [0.2, 0.25) is 11.7 Å². The monoisotopic (exact) mass is 343 g/mol. The van der Waals surface area contributed by atoms with Gasteiger partial charge in [0.1, 0.15) is 0 Å². The van der Waals surface area contributed by atoms with Gasteiger partial charge in [0.05, 0.1) is 8.66 Å². The lowest BCUT2D eigenvalue weighted by Crippen LogP contribution is -2.19. The van der Waals surface area contributed by atoms with Gasteiger partial charge in [-0.25, -0.2) is 0 Å². The third kappa shape index (κ3) is 4.12. The summed E-state index contributed by atoms with van der Waals surface area (Å²) in [4.78, 5) is 5.45. The zero-order valence-corrected chi connectivity index (χ0v) is 13.5. The van der Waals surface area contributed by atoms with E-state index in [1.165, 1.54) is 0 Å². The van der Waals surface area contributed by atoms with E-state index in [1.54, 1.807) is 11.3 Å². The minimum Gasteiger partial charge on any atom is -0.339 e. The lowest BCUT2D eigenvalue weighted by molar-refractivity contribution is 0.332. The molecular formula is C13H18BrN3OS. The van der Waals surface area contributed by atoms with E-state index in [9.17, 15) is 0 Å². The van der Waals surface area contributed by atoms with Crippen LogP contribution >= 0.6 is 27.3 Å². The van der Waals surface area contributed by atoms with Crippen LogP contribution in [0.4, 0.5) is 0 Å². The van der Waals surface area contributed by atoms with Crippen LogP contribution < -0.4 is 5.73 Å². The second-order valence-electron chi connectivity index (χ2n) is 5.05. The predicted octanol–water partition coefficient (Wildman–Crippen LogP) is 3.72. The molecule has 2 N–H and O–H groups in total. The van der Waals surface area contributed by atoms with Crippen molar-refractivity contribution in [2.45, 2.75) is 26.7 Å². The molecule has 0 unspecified atom stereocenters. The Labute approximate surface area is 125 Å². The van der Waals surface area contributed by atoms with Gasteiger partial charge in [0, 0.05) is 6.42 Å². The number of rotatable bonds is 6. The fraction of sp³-hybridized carbons (Fsp3) is 0.538. The van der Waals surface area contributed by atoms with Gasteiger partial charge in [-0.05, 0) is 52.9 Å². The van der Waals surface area contributed by atoms with Crippen molar-refractivity contribution in [1.29, 1.82) is 0 Å². The first-order valence-electron chi connectivity index (χ1n) is 6.36. The Hall–Kier alpha value is -0.720. The highest BCUT2D eigenvalue weighted by Crippen LogP contribution is 2.29. The zero-order chi connectivity index (χ0) is 13.8. The molecule has 2 aromatic rings. The van der Waals surface area contributed by atoms with Crippen LogP contribution in [-0.2, 0) is 6.42 Å². The molecule has 1 atom stereocenters. The molecule has 19 heavy (non-hydrogen) atoms. The maximum atomic E-state index is 5.80. The van der Waals surface area contributed by atoms with Crippen LogP contribution in [0, 0.1) is 11.8 Å². The summed E-state index contributed by atoms with van der Waals surface area (Å²) in [7, 11) is 0. The Morgan fingerprint density at radius 3 is 2.79 bits per heavy atom. The predicted molar refractivity (Wildman–Crippen MR) is 81.0 cm³/mol. The van der Waals surface area contributed by atoms with Gasteiger partial charge in [0.15, 0.2) is 0 Å². The molecule has 4 nitrogen and oxygen atoms in total. The molecule has 0 fully saturated rings. The summed E-state index contributed by atoms with van der Waals surface area (Å²) < 4.78 is 6.38. The van der Waals surface area contributed by atoms with Crippen LogP contribution in [0.1, 0.15) is 26.2 Å². The molecule has 0 bridgehead atoms. The third-order valence-corrected chi connectivity index (χ3v) is 4.48. The lowest BCUT2D eigenvalue weighted by atomic mass is 9.94. The molecule has 104 valence electrons. The number of hydrogen-bond donors (Lipinski definition) is 1. The van der Waals surface area contributed by atoms with Crippen molar-refractivity contribution < 1.29 is 4.52 Å². The molecule has 0 spiro atoms. The quantitative estimate of drug-likeness (QED) is 0.867. The second kappa shape index (κ2) is 6.63. The number of halogens is 1. The summed E-state index contributed by atoms with van der Waals surface area (Å²) in [5, 5.41) is 4.03. The summed E-state index contributed by atoms with van der Waals surface area (Å²) in [6.07, 6.45) is 1.84. The van der Waals surface area contributed by atoms with Crippen molar-refractivity contribution in [3.63, 3.8) is 0 Å². The molecule has 2 aromatic heterocycles. The van der Waals surface area contributed by atoms with E-state index in [2.05, 4.69) is 39.9 Å². The van der Waals surface area contributed by atoms with Crippen molar-refractivity contribution in [3.8, 4) is 10.7 Å². The van der Waals surface area contributed by atoms with Crippen LogP contribution in [-0.4, -0.2) is 16.7 Å². The number of aromatic nitrogens is 2. The summed E-state index contributed by atoms with van der Waals surface area (Å²) >= 11 is 5.03. The van der Waals surface area contributed by atoms with Gasteiger partial charge in [0.25, 0.3) is 0 Å². The van der Waals surface area contributed by atoms with Crippen molar-refractivity contribution in [2.75, 3.05) is 6.54 Å². The third-order valence-electron chi connectivity index (χ3n) is 2.86. The molecule has 0 saturated heterocycles. The van der Waals surface area contributed by atoms with Gasteiger partial charge in [-0.15, -0.1) is 11.3 Å². The Balaban J connectivity index is 2.04. The average Bonchev–Trinajstić information content (AvgIpc) is 2.96. The first-order chi connectivity index (χ1) is 9.08. The van der Waals surface area contributed by atoms with Crippen LogP contribution in [0.15, 0.2) is 20.4 Å². The smallest absolute Gasteiger partial charge is 0.227 e. The van der Waals surface area contributed by atoms with E-state index < -0.39 is 0 Å². The van der Waals surface area contributed by atoms with Crippen molar-refractivity contribution in [3.05, 3.63) is 21.8 Å². The molecule has 0 aliphatic heterocycles. The summed E-state index contributed by atoms with van der Waals surface area (Å²) in [5.41, 5.74) is 5.80. The molecule has 0 radical (unpaired) electrons.